The Labute approximate surface area is 86.2 Å². The van der Waals surface area contributed by atoms with Gasteiger partial charge in [0.1, 0.15) is 0 Å². The first-order chi connectivity index (χ1) is 6.72. The Morgan fingerprint density at radius 3 is 2.57 bits per heavy atom. The molecule has 0 spiro atoms. The summed E-state index contributed by atoms with van der Waals surface area (Å²) < 4.78 is 0. The van der Waals surface area contributed by atoms with Crippen LogP contribution in [0.5, 0.6) is 0 Å². The molecular formula is C12H18N2. The number of rotatable bonds is 5. The first-order valence-electron chi connectivity index (χ1n) is 4.90. The van der Waals surface area contributed by atoms with Gasteiger partial charge in [-0.15, -0.1) is 0 Å². The third-order valence-corrected chi connectivity index (χ3v) is 2.10. The van der Waals surface area contributed by atoms with Gasteiger partial charge in [0, 0.05) is 17.9 Å². The van der Waals surface area contributed by atoms with Crippen molar-refractivity contribution in [2.24, 2.45) is 0 Å². The number of anilines is 1. The third kappa shape index (κ3) is 3.62. The van der Waals surface area contributed by atoms with Crippen molar-refractivity contribution >= 4 is 5.69 Å². The fourth-order valence-electron chi connectivity index (χ4n) is 1.20. The molecule has 0 heterocycles. The number of likely N-dealkylation sites (N-methyl/N-ethyl adjacent to an activating group) is 1. The Hall–Kier alpha value is -1.28. The Kier molecular flexibility index (Phi) is 4.20. The average Bonchev–Trinajstić information content (AvgIpc) is 2.19. The van der Waals surface area contributed by atoms with Crippen molar-refractivity contribution in [2.45, 2.75) is 6.92 Å². The van der Waals surface area contributed by atoms with Gasteiger partial charge in [-0.2, -0.15) is 0 Å². The molecule has 76 valence electrons. The summed E-state index contributed by atoms with van der Waals surface area (Å²) in [4.78, 5) is 2.21. The summed E-state index contributed by atoms with van der Waals surface area (Å²) >= 11 is 0. The molecule has 0 unspecified atom stereocenters. The minimum Gasteiger partial charge on any atom is -0.358 e. The predicted molar refractivity (Wildman–Crippen MR) is 62.4 cm³/mol. The highest BCUT2D eigenvalue weighted by Gasteiger charge is 1.98. The molecule has 0 aromatic heterocycles. The Bertz CT molecular complexity index is 280. The lowest BCUT2D eigenvalue weighted by Gasteiger charge is -2.16. The van der Waals surface area contributed by atoms with Crippen LogP contribution in [0.4, 0.5) is 5.69 Å². The molecule has 0 saturated heterocycles. The highest BCUT2D eigenvalue weighted by molar-refractivity contribution is 5.47. The van der Waals surface area contributed by atoms with Crippen LogP contribution in [-0.4, -0.2) is 25.0 Å². The highest BCUT2D eigenvalue weighted by atomic mass is 15.1. The van der Waals surface area contributed by atoms with E-state index >= 15 is 0 Å². The van der Waals surface area contributed by atoms with E-state index in [-0.39, 0.29) is 0 Å². The molecule has 0 radical (unpaired) electrons. The molecule has 0 aliphatic rings. The van der Waals surface area contributed by atoms with Crippen LogP contribution in [-0.2, 0) is 0 Å². The van der Waals surface area contributed by atoms with Crippen molar-refractivity contribution < 1.29 is 0 Å². The summed E-state index contributed by atoms with van der Waals surface area (Å²) in [6.07, 6.45) is 0. The lowest BCUT2D eigenvalue weighted by Crippen LogP contribution is -2.22. The van der Waals surface area contributed by atoms with E-state index in [1.54, 1.807) is 0 Å². The van der Waals surface area contributed by atoms with E-state index in [9.17, 15) is 0 Å². The Morgan fingerprint density at radius 2 is 2.00 bits per heavy atom. The molecule has 0 bridgehead atoms. The number of nitrogens with zero attached hydrogens (tertiary/aromatic N) is 1. The minimum atomic E-state index is 0.880. The third-order valence-electron chi connectivity index (χ3n) is 2.10. The normalized spacial score (nSPS) is 10.2. The summed E-state index contributed by atoms with van der Waals surface area (Å²) in [5.74, 6) is 0. The van der Waals surface area contributed by atoms with E-state index in [1.165, 1.54) is 0 Å². The number of benzene rings is 1. The van der Waals surface area contributed by atoms with Gasteiger partial charge in [0.2, 0.25) is 0 Å². The second-order valence-electron chi connectivity index (χ2n) is 3.42. The molecule has 0 fully saturated rings. The second-order valence-corrected chi connectivity index (χ2v) is 3.42. The van der Waals surface area contributed by atoms with Crippen LogP contribution in [0.25, 0.3) is 0 Å². The monoisotopic (exact) mass is 190 g/mol. The molecule has 1 rings (SSSR count). The Morgan fingerprint density at radius 1 is 1.36 bits per heavy atom. The number of hydrogen-bond donors (Lipinski definition) is 1. The zero-order chi connectivity index (χ0) is 10.4. The molecule has 0 amide bonds. The highest BCUT2D eigenvalue weighted by Crippen LogP contribution is 2.08. The van der Waals surface area contributed by atoms with Crippen molar-refractivity contribution in [1.82, 2.24) is 4.90 Å². The predicted octanol–water partition coefficient (Wildman–Crippen LogP) is 2.56. The number of nitrogens with one attached hydrogen (secondary N) is 1. The molecule has 0 atom stereocenters. The van der Waals surface area contributed by atoms with Crippen LogP contribution in [0.2, 0.25) is 0 Å². The summed E-state index contributed by atoms with van der Waals surface area (Å²) in [5.41, 5.74) is 2.13. The molecule has 2 heteroatoms. The van der Waals surface area contributed by atoms with Crippen LogP contribution >= 0.6 is 0 Å². The SMILES string of the molecule is C=C(CN(C)CC)Nc1ccccc1. The van der Waals surface area contributed by atoms with Crippen molar-refractivity contribution in [3.63, 3.8) is 0 Å². The van der Waals surface area contributed by atoms with E-state index < -0.39 is 0 Å². The molecular weight excluding hydrogens is 172 g/mol. The average molecular weight is 190 g/mol. The largest absolute Gasteiger partial charge is 0.358 e. The molecule has 1 aromatic carbocycles. The van der Waals surface area contributed by atoms with Crippen molar-refractivity contribution in [2.75, 3.05) is 25.5 Å². The topological polar surface area (TPSA) is 15.3 Å². The van der Waals surface area contributed by atoms with Crippen LogP contribution in [0, 0.1) is 0 Å². The van der Waals surface area contributed by atoms with E-state index in [0.717, 1.165) is 24.5 Å². The van der Waals surface area contributed by atoms with Gasteiger partial charge >= 0.3 is 0 Å². The molecule has 1 N–H and O–H groups in total. The van der Waals surface area contributed by atoms with Crippen LogP contribution in [0.3, 0.4) is 0 Å². The maximum absolute atomic E-state index is 3.99. The van der Waals surface area contributed by atoms with E-state index in [1.807, 2.05) is 30.3 Å². The zero-order valence-electron chi connectivity index (χ0n) is 8.96. The zero-order valence-corrected chi connectivity index (χ0v) is 8.96. The first-order valence-corrected chi connectivity index (χ1v) is 4.90. The fourth-order valence-corrected chi connectivity index (χ4v) is 1.20. The first kappa shape index (κ1) is 10.8. The van der Waals surface area contributed by atoms with Crippen molar-refractivity contribution in [1.29, 1.82) is 0 Å². The lowest BCUT2D eigenvalue weighted by atomic mass is 10.3. The van der Waals surface area contributed by atoms with E-state index in [0.29, 0.717) is 0 Å². The van der Waals surface area contributed by atoms with Crippen LogP contribution in [0.1, 0.15) is 6.92 Å². The van der Waals surface area contributed by atoms with Gasteiger partial charge < -0.3 is 10.2 Å². The van der Waals surface area contributed by atoms with Gasteiger partial charge in [0.25, 0.3) is 0 Å². The molecule has 0 saturated carbocycles. The molecule has 0 aliphatic heterocycles. The quantitative estimate of drug-likeness (QED) is 0.767. The summed E-state index contributed by atoms with van der Waals surface area (Å²) in [5, 5.41) is 3.27. The van der Waals surface area contributed by atoms with Gasteiger partial charge in [0.05, 0.1) is 0 Å². The van der Waals surface area contributed by atoms with Gasteiger partial charge in [-0.1, -0.05) is 31.7 Å². The molecule has 14 heavy (non-hydrogen) atoms. The van der Waals surface area contributed by atoms with Crippen molar-refractivity contribution in [3.05, 3.63) is 42.6 Å². The van der Waals surface area contributed by atoms with Crippen molar-refractivity contribution in [3.8, 4) is 0 Å². The minimum absolute atomic E-state index is 0.880. The number of hydrogen-bond acceptors (Lipinski definition) is 2. The smallest absolute Gasteiger partial charge is 0.0381 e. The Balaban J connectivity index is 2.42. The van der Waals surface area contributed by atoms with E-state index in [2.05, 4.69) is 30.8 Å². The lowest BCUT2D eigenvalue weighted by molar-refractivity contribution is 0.385. The summed E-state index contributed by atoms with van der Waals surface area (Å²) in [7, 11) is 2.08. The maximum Gasteiger partial charge on any atom is 0.0381 e. The summed E-state index contributed by atoms with van der Waals surface area (Å²) in [6.45, 7) is 8.04. The molecule has 2 nitrogen and oxygen atoms in total. The summed E-state index contributed by atoms with van der Waals surface area (Å²) in [6, 6.07) is 10.1. The van der Waals surface area contributed by atoms with E-state index in [4.69, 9.17) is 0 Å². The molecule has 1 aromatic rings. The van der Waals surface area contributed by atoms with Gasteiger partial charge in [-0.3, -0.25) is 0 Å². The van der Waals surface area contributed by atoms with Crippen LogP contribution in [0.15, 0.2) is 42.6 Å². The van der Waals surface area contributed by atoms with Gasteiger partial charge in [-0.25, -0.2) is 0 Å². The maximum atomic E-state index is 3.99. The van der Waals surface area contributed by atoms with Gasteiger partial charge in [0.15, 0.2) is 0 Å². The standard InChI is InChI=1S/C12H18N2/c1-4-14(3)10-11(2)13-12-8-6-5-7-9-12/h5-9,13H,2,4,10H2,1,3H3. The second kappa shape index (κ2) is 5.45. The number of para-hydroxylation sites is 1. The molecule has 0 aliphatic carbocycles. The fraction of sp³-hybridized carbons (Fsp3) is 0.333. The van der Waals surface area contributed by atoms with Crippen LogP contribution < -0.4 is 5.32 Å². The van der Waals surface area contributed by atoms with Gasteiger partial charge in [-0.05, 0) is 25.7 Å².